The Balaban J connectivity index is 0.00000220. The second kappa shape index (κ2) is 6.67. The molecule has 1 aliphatic carbocycles. The lowest BCUT2D eigenvalue weighted by molar-refractivity contribution is -0.125. The number of methoxy groups -OCH3 is 1. The summed E-state index contributed by atoms with van der Waals surface area (Å²) in [6, 6.07) is 5.52. The number of ether oxygens (including phenoxy) is 1. The summed E-state index contributed by atoms with van der Waals surface area (Å²) in [4.78, 5) is 12.2. The van der Waals surface area contributed by atoms with E-state index in [2.05, 4.69) is 11.4 Å². The smallest absolute Gasteiger partial charge is 0.237 e. The highest BCUT2D eigenvalue weighted by molar-refractivity contribution is 5.85. The number of carbonyl (C=O) groups is 1. The van der Waals surface area contributed by atoms with Crippen molar-refractivity contribution >= 4 is 18.3 Å². The van der Waals surface area contributed by atoms with Gasteiger partial charge in [-0.3, -0.25) is 4.79 Å². The van der Waals surface area contributed by atoms with Crippen LogP contribution in [0.5, 0.6) is 5.75 Å². The molecule has 1 aliphatic rings. The van der Waals surface area contributed by atoms with Gasteiger partial charge in [-0.15, -0.1) is 12.4 Å². The zero-order chi connectivity index (χ0) is 14.9. The summed E-state index contributed by atoms with van der Waals surface area (Å²) >= 11 is 0. The first-order chi connectivity index (χ1) is 9.34. The number of halogens is 1. The monoisotopic (exact) mass is 312 g/mol. The van der Waals surface area contributed by atoms with E-state index in [9.17, 15) is 4.79 Å². The van der Waals surface area contributed by atoms with Gasteiger partial charge in [0.15, 0.2) is 0 Å². The molecule has 2 rings (SSSR count). The average Bonchev–Trinajstić information content (AvgIpc) is 2.80. The molecule has 1 aromatic carbocycles. The number of fused-ring (bicyclic) bond motifs is 1. The van der Waals surface area contributed by atoms with Gasteiger partial charge in [0, 0.05) is 0 Å². The minimum absolute atomic E-state index is 0. The largest absolute Gasteiger partial charge is 0.496 e. The number of carbonyl (C=O) groups excluding carboxylic acids is 1. The second-order valence-corrected chi connectivity index (χ2v) is 6.47. The fourth-order valence-electron chi connectivity index (χ4n) is 2.62. The summed E-state index contributed by atoms with van der Waals surface area (Å²) in [6.07, 6.45) is 1.83. The van der Waals surface area contributed by atoms with E-state index in [4.69, 9.17) is 10.5 Å². The first-order valence-corrected chi connectivity index (χ1v) is 7.06. The second-order valence-electron chi connectivity index (χ2n) is 6.47. The number of nitrogens with one attached hydrogen (secondary N) is 1. The molecule has 1 aromatic rings. The third kappa shape index (κ3) is 3.69. The summed E-state index contributed by atoms with van der Waals surface area (Å²) in [6.45, 7) is 5.93. The number of rotatable bonds is 3. The maximum absolute atomic E-state index is 12.2. The van der Waals surface area contributed by atoms with E-state index in [1.54, 1.807) is 7.11 Å². The summed E-state index contributed by atoms with van der Waals surface area (Å²) in [5, 5.41) is 3.07. The quantitative estimate of drug-likeness (QED) is 0.901. The Morgan fingerprint density at radius 1 is 1.43 bits per heavy atom. The fraction of sp³-hybridized carbons (Fsp3) is 0.562. The molecule has 2 atom stereocenters. The molecule has 118 valence electrons. The third-order valence-electron chi connectivity index (χ3n) is 3.98. The minimum Gasteiger partial charge on any atom is -0.496 e. The number of amides is 1. The Labute approximate surface area is 132 Å². The van der Waals surface area contributed by atoms with Gasteiger partial charge < -0.3 is 15.8 Å². The molecular weight excluding hydrogens is 288 g/mol. The summed E-state index contributed by atoms with van der Waals surface area (Å²) in [7, 11) is 1.68. The number of benzene rings is 1. The van der Waals surface area contributed by atoms with Crippen molar-refractivity contribution in [2.24, 2.45) is 11.1 Å². The lowest BCUT2D eigenvalue weighted by Gasteiger charge is -2.27. The van der Waals surface area contributed by atoms with Crippen molar-refractivity contribution < 1.29 is 9.53 Å². The highest BCUT2D eigenvalue weighted by atomic mass is 35.5. The summed E-state index contributed by atoms with van der Waals surface area (Å²) < 4.78 is 5.37. The van der Waals surface area contributed by atoms with Gasteiger partial charge in [-0.2, -0.15) is 0 Å². The van der Waals surface area contributed by atoms with Gasteiger partial charge >= 0.3 is 0 Å². The topological polar surface area (TPSA) is 64.3 Å². The maximum Gasteiger partial charge on any atom is 0.237 e. The van der Waals surface area contributed by atoms with E-state index in [0.717, 1.165) is 24.2 Å². The van der Waals surface area contributed by atoms with Gasteiger partial charge in [0.25, 0.3) is 0 Å². The van der Waals surface area contributed by atoms with Gasteiger partial charge in [0.1, 0.15) is 5.75 Å². The fourth-order valence-corrected chi connectivity index (χ4v) is 2.62. The zero-order valence-corrected chi connectivity index (χ0v) is 13.9. The summed E-state index contributed by atoms with van der Waals surface area (Å²) in [5.74, 6) is 0.817. The van der Waals surface area contributed by atoms with Crippen molar-refractivity contribution in [3.8, 4) is 5.75 Å². The van der Waals surface area contributed by atoms with Crippen LogP contribution in [-0.4, -0.2) is 19.1 Å². The summed E-state index contributed by atoms with van der Waals surface area (Å²) in [5.41, 5.74) is 8.13. The SMILES string of the molecule is COc1cccc2c1CCC2NC(=O)[C@@H](N)C(C)(C)C.Cl. The molecule has 21 heavy (non-hydrogen) atoms. The van der Waals surface area contributed by atoms with Crippen LogP contribution in [0.2, 0.25) is 0 Å². The standard InChI is InChI=1S/C16H24N2O2.ClH/c1-16(2,3)14(17)15(19)18-12-9-8-11-10(12)6-5-7-13(11)20-4;/h5-7,12,14H,8-9,17H2,1-4H3,(H,18,19);1H/t12?,14-;/m1./s1. The molecule has 0 aliphatic heterocycles. The molecule has 1 amide bonds. The molecule has 0 fully saturated rings. The number of nitrogens with two attached hydrogens (primary N) is 1. The van der Waals surface area contributed by atoms with Crippen LogP contribution in [0.25, 0.3) is 0 Å². The molecule has 0 aromatic heterocycles. The van der Waals surface area contributed by atoms with E-state index in [-0.39, 0.29) is 29.8 Å². The molecule has 0 saturated heterocycles. The molecule has 3 N–H and O–H groups in total. The van der Waals surface area contributed by atoms with Crippen molar-refractivity contribution in [1.29, 1.82) is 0 Å². The van der Waals surface area contributed by atoms with Crippen LogP contribution in [0.4, 0.5) is 0 Å². The Morgan fingerprint density at radius 2 is 2.10 bits per heavy atom. The van der Waals surface area contributed by atoms with E-state index in [1.807, 2.05) is 32.9 Å². The predicted molar refractivity (Wildman–Crippen MR) is 86.9 cm³/mol. The predicted octanol–water partition coefficient (Wildman–Crippen LogP) is 2.59. The highest BCUT2D eigenvalue weighted by Crippen LogP contribution is 2.36. The van der Waals surface area contributed by atoms with E-state index < -0.39 is 6.04 Å². The number of hydrogen-bond acceptors (Lipinski definition) is 3. The van der Waals surface area contributed by atoms with Crippen molar-refractivity contribution in [2.75, 3.05) is 7.11 Å². The van der Waals surface area contributed by atoms with Crippen LogP contribution < -0.4 is 15.8 Å². The van der Waals surface area contributed by atoms with Gasteiger partial charge in [0.05, 0.1) is 19.2 Å². The van der Waals surface area contributed by atoms with Crippen LogP contribution in [0, 0.1) is 5.41 Å². The van der Waals surface area contributed by atoms with Crippen molar-refractivity contribution in [2.45, 2.75) is 45.7 Å². The zero-order valence-electron chi connectivity index (χ0n) is 13.1. The Morgan fingerprint density at radius 3 is 2.67 bits per heavy atom. The van der Waals surface area contributed by atoms with E-state index in [1.165, 1.54) is 5.56 Å². The molecule has 0 bridgehead atoms. The van der Waals surface area contributed by atoms with Crippen molar-refractivity contribution in [3.63, 3.8) is 0 Å². The molecule has 4 nitrogen and oxygen atoms in total. The Hall–Kier alpha value is -1.26. The molecule has 0 radical (unpaired) electrons. The molecule has 0 spiro atoms. The lowest BCUT2D eigenvalue weighted by Crippen LogP contribution is -2.49. The van der Waals surface area contributed by atoms with Crippen LogP contribution in [0.3, 0.4) is 0 Å². The minimum atomic E-state index is -0.503. The van der Waals surface area contributed by atoms with Crippen LogP contribution >= 0.6 is 12.4 Å². The van der Waals surface area contributed by atoms with Gasteiger partial charge in [-0.05, 0) is 35.4 Å². The highest BCUT2D eigenvalue weighted by Gasteiger charge is 2.32. The van der Waals surface area contributed by atoms with Crippen molar-refractivity contribution in [3.05, 3.63) is 29.3 Å². The lowest BCUT2D eigenvalue weighted by atomic mass is 9.86. The van der Waals surface area contributed by atoms with Crippen molar-refractivity contribution in [1.82, 2.24) is 5.32 Å². The first-order valence-electron chi connectivity index (χ1n) is 7.06. The van der Waals surface area contributed by atoms with Crippen LogP contribution in [-0.2, 0) is 11.2 Å². The van der Waals surface area contributed by atoms with Gasteiger partial charge in [-0.1, -0.05) is 32.9 Å². The first kappa shape index (κ1) is 17.8. The van der Waals surface area contributed by atoms with Gasteiger partial charge in [-0.25, -0.2) is 0 Å². The molecule has 0 saturated carbocycles. The van der Waals surface area contributed by atoms with E-state index in [0.29, 0.717) is 0 Å². The normalized spacial score (nSPS) is 18.4. The maximum atomic E-state index is 12.2. The number of hydrogen-bond donors (Lipinski definition) is 2. The Bertz CT molecular complexity index is 511. The molecule has 0 heterocycles. The van der Waals surface area contributed by atoms with Crippen LogP contribution in [0.15, 0.2) is 18.2 Å². The third-order valence-corrected chi connectivity index (χ3v) is 3.98. The Kier molecular flexibility index (Phi) is 5.65. The molecule has 1 unspecified atom stereocenters. The average molecular weight is 313 g/mol. The van der Waals surface area contributed by atoms with E-state index >= 15 is 0 Å². The van der Waals surface area contributed by atoms with Crippen LogP contribution in [0.1, 0.15) is 44.4 Å². The molecular formula is C16H25ClN2O2. The van der Waals surface area contributed by atoms with Gasteiger partial charge in [0.2, 0.25) is 5.91 Å². The molecule has 5 heteroatoms.